The lowest BCUT2D eigenvalue weighted by atomic mass is 10.0. The van der Waals surface area contributed by atoms with Crippen LogP contribution in [0.3, 0.4) is 0 Å². The molecule has 1 aromatic carbocycles. The van der Waals surface area contributed by atoms with Gasteiger partial charge in [0.15, 0.2) is 18.4 Å². The summed E-state index contributed by atoms with van der Waals surface area (Å²) in [6.07, 6.45) is 5.64. The predicted octanol–water partition coefficient (Wildman–Crippen LogP) is 2.37. The van der Waals surface area contributed by atoms with Crippen LogP contribution >= 0.6 is 23.5 Å². The fourth-order valence-corrected chi connectivity index (χ4v) is 5.78. The molecule has 7 nitrogen and oxygen atoms in total. The van der Waals surface area contributed by atoms with Crippen molar-refractivity contribution in [2.45, 2.75) is 29.8 Å². The molecule has 33 heavy (non-hydrogen) atoms. The first kappa shape index (κ1) is 23.1. The Balaban J connectivity index is 1.40. The van der Waals surface area contributed by atoms with E-state index in [4.69, 9.17) is 0 Å². The van der Waals surface area contributed by atoms with Gasteiger partial charge in [0, 0.05) is 29.7 Å². The zero-order valence-corrected chi connectivity index (χ0v) is 19.6. The number of carboxylic acid groups (broad SMARTS) is 1. The number of benzene rings is 1. The third kappa shape index (κ3) is 5.15. The van der Waals surface area contributed by atoms with Crippen molar-refractivity contribution in [1.29, 1.82) is 0 Å². The summed E-state index contributed by atoms with van der Waals surface area (Å²) in [4.78, 5) is 39.4. The number of β-lactam (4-membered cyclic amide) rings is 1. The molecular weight excluding hydrogens is 458 g/mol. The normalized spacial score (nSPS) is 19.9. The maximum atomic E-state index is 12.8. The number of nitrogens with one attached hydrogen (secondary N) is 1. The summed E-state index contributed by atoms with van der Waals surface area (Å²) in [5.74, 6) is -1.12. The highest BCUT2D eigenvalue weighted by Gasteiger charge is 2.53. The molecule has 3 heterocycles. The molecule has 0 radical (unpaired) electrons. The van der Waals surface area contributed by atoms with E-state index < -0.39 is 17.4 Å². The SMILES string of the molecule is Cc1cccc[n+]1C/C=C/C1=C(C(=O)O)N2C(=O)C(NC(=O)CSc3ccccc3)C2SC1. The molecular formula is C24H24N3O4S2+. The van der Waals surface area contributed by atoms with Crippen LogP contribution in [0, 0.1) is 6.92 Å². The van der Waals surface area contributed by atoms with Gasteiger partial charge in [0.1, 0.15) is 17.1 Å². The summed E-state index contributed by atoms with van der Waals surface area (Å²) in [6.45, 7) is 2.60. The Morgan fingerprint density at radius 3 is 2.73 bits per heavy atom. The van der Waals surface area contributed by atoms with Crippen molar-refractivity contribution < 1.29 is 24.1 Å². The number of carbonyl (C=O) groups is 3. The number of hydrogen-bond acceptors (Lipinski definition) is 5. The van der Waals surface area contributed by atoms with Crippen molar-refractivity contribution in [3.8, 4) is 0 Å². The number of rotatable bonds is 8. The molecule has 2 amide bonds. The average Bonchev–Trinajstić information content (AvgIpc) is 2.82. The Labute approximate surface area is 200 Å². The van der Waals surface area contributed by atoms with E-state index in [2.05, 4.69) is 5.32 Å². The second-order valence-corrected chi connectivity index (χ2v) is 9.79. The molecule has 9 heteroatoms. The molecule has 1 saturated heterocycles. The minimum absolute atomic E-state index is 0.000979. The number of amides is 2. The number of carbonyl (C=O) groups excluding carboxylic acids is 2. The largest absolute Gasteiger partial charge is 0.477 e. The van der Waals surface area contributed by atoms with E-state index in [0.29, 0.717) is 17.9 Å². The molecule has 2 N–H and O–H groups in total. The second-order valence-electron chi connectivity index (χ2n) is 7.63. The van der Waals surface area contributed by atoms with Gasteiger partial charge in [0.2, 0.25) is 5.91 Å². The number of aryl methyl sites for hydroxylation is 1. The van der Waals surface area contributed by atoms with Crippen molar-refractivity contribution in [3.05, 3.63) is 83.8 Å². The summed E-state index contributed by atoms with van der Waals surface area (Å²) >= 11 is 2.86. The van der Waals surface area contributed by atoms with E-state index >= 15 is 0 Å². The van der Waals surface area contributed by atoms with Gasteiger partial charge in [-0.25, -0.2) is 4.79 Å². The zero-order chi connectivity index (χ0) is 23.4. The van der Waals surface area contributed by atoms with E-state index in [1.165, 1.54) is 28.4 Å². The number of nitrogens with zero attached hydrogens (tertiary/aromatic N) is 2. The van der Waals surface area contributed by atoms with Crippen LogP contribution in [0.15, 0.2) is 83.0 Å². The van der Waals surface area contributed by atoms with Crippen LogP contribution in [0.25, 0.3) is 0 Å². The van der Waals surface area contributed by atoms with Gasteiger partial charge in [-0.15, -0.1) is 23.5 Å². The standard InChI is InChI=1S/C24H23N3O4S2/c1-16-8-5-6-12-26(16)13-7-9-17-14-33-23-20(22(29)27(23)21(17)24(30)31)25-19(28)15-32-18-10-3-2-4-11-18/h2-12,20,23H,13-15H2,1H3,(H-,25,28,30,31)/p+1/b9-7+. The number of allylic oxidation sites excluding steroid dienone is 2. The Kier molecular flexibility index (Phi) is 7.20. The van der Waals surface area contributed by atoms with E-state index in [9.17, 15) is 19.5 Å². The average molecular weight is 483 g/mol. The molecule has 2 aliphatic rings. The van der Waals surface area contributed by atoms with Crippen LogP contribution in [0.2, 0.25) is 0 Å². The highest BCUT2D eigenvalue weighted by atomic mass is 32.2. The minimum Gasteiger partial charge on any atom is -0.477 e. The van der Waals surface area contributed by atoms with Crippen molar-refractivity contribution in [1.82, 2.24) is 10.2 Å². The van der Waals surface area contributed by atoms with Crippen LogP contribution < -0.4 is 9.88 Å². The van der Waals surface area contributed by atoms with Gasteiger partial charge in [-0.2, -0.15) is 4.57 Å². The van der Waals surface area contributed by atoms with E-state index in [1.807, 2.05) is 72.3 Å². The van der Waals surface area contributed by atoms with Crippen molar-refractivity contribution in [3.63, 3.8) is 0 Å². The van der Waals surface area contributed by atoms with Crippen molar-refractivity contribution in [2.24, 2.45) is 0 Å². The number of carboxylic acids is 1. The molecule has 170 valence electrons. The van der Waals surface area contributed by atoms with Gasteiger partial charge in [0.25, 0.3) is 5.91 Å². The minimum atomic E-state index is -1.14. The molecule has 1 aromatic heterocycles. The lowest BCUT2D eigenvalue weighted by Crippen LogP contribution is -2.70. The number of aliphatic carboxylic acids is 1. The predicted molar refractivity (Wildman–Crippen MR) is 127 cm³/mol. The molecule has 2 unspecified atom stereocenters. The van der Waals surface area contributed by atoms with Crippen LogP contribution in [-0.4, -0.2) is 50.7 Å². The Morgan fingerprint density at radius 1 is 1.24 bits per heavy atom. The van der Waals surface area contributed by atoms with Gasteiger partial charge in [-0.3, -0.25) is 14.5 Å². The van der Waals surface area contributed by atoms with Gasteiger partial charge in [-0.05, 0) is 23.8 Å². The maximum Gasteiger partial charge on any atom is 0.352 e. The highest BCUT2D eigenvalue weighted by molar-refractivity contribution is 8.00. The number of aromatic nitrogens is 1. The third-order valence-electron chi connectivity index (χ3n) is 5.42. The van der Waals surface area contributed by atoms with Crippen LogP contribution in [0.5, 0.6) is 0 Å². The Hall–Kier alpha value is -3.04. The zero-order valence-electron chi connectivity index (χ0n) is 18.0. The molecule has 0 spiro atoms. The summed E-state index contributed by atoms with van der Waals surface area (Å²) in [7, 11) is 0. The van der Waals surface area contributed by atoms with E-state index in [1.54, 1.807) is 6.08 Å². The molecule has 4 rings (SSSR count). The smallest absolute Gasteiger partial charge is 0.352 e. The Morgan fingerprint density at radius 2 is 2.00 bits per heavy atom. The lowest BCUT2D eigenvalue weighted by Gasteiger charge is -2.49. The monoisotopic (exact) mass is 482 g/mol. The van der Waals surface area contributed by atoms with Crippen molar-refractivity contribution >= 4 is 41.3 Å². The molecule has 2 atom stereocenters. The maximum absolute atomic E-state index is 12.8. The van der Waals surface area contributed by atoms with Crippen LogP contribution in [-0.2, 0) is 20.9 Å². The first-order valence-corrected chi connectivity index (χ1v) is 12.5. The number of thioether (sulfide) groups is 2. The second kappa shape index (κ2) is 10.3. The van der Waals surface area contributed by atoms with Gasteiger partial charge in [0.05, 0.1) is 5.75 Å². The molecule has 2 aromatic rings. The summed E-state index contributed by atoms with van der Waals surface area (Å²) < 4.78 is 2.05. The van der Waals surface area contributed by atoms with Gasteiger partial charge in [-0.1, -0.05) is 30.3 Å². The number of fused-ring (bicyclic) bond motifs is 1. The third-order valence-corrected chi connectivity index (χ3v) is 7.73. The fraction of sp³-hybridized carbons (Fsp3) is 0.250. The number of hydrogen-bond donors (Lipinski definition) is 2. The molecule has 2 aliphatic heterocycles. The fourth-order valence-electron chi connectivity index (χ4n) is 3.73. The van der Waals surface area contributed by atoms with Crippen LogP contribution in [0.1, 0.15) is 5.69 Å². The lowest BCUT2D eigenvalue weighted by molar-refractivity contribution is -0.693. The van der Waals surface area contributed by atoms with E-state index in [-0.39, 0.29) is 23.3 Å². The Bertz CT molecular complexity index is 1130. The summed E-state index contributed by atoms with van der Waals surface area (Å²) in [5.41, 5.74) is 1.68. The van der Waals surface area contributed by atoms with E-state index in [0.717, 1.165) is 10.6 Å². The van der Waals surface area contributed by atoms with Gasteiger partial charge >= 0.3 is 5.97 Å². The van der Waals surface area contributed by atoms with Gasteiger partial charge < -0.3 is 10.4 Å². The van der Waals surface area contributed by atoms with Crippen LogP contribution in [0.4, 0.5) is 0 Å². The summed E-state index contributed by atoms with van der Waals surface area (Å²) in [5, 5.41) is 12.2. The topological polar surface area (TPSA) is 90.6 Å². The summed E-state index contributed by atoms with van der Waals surface area (Å²) in [6, 6.07) is 14.7. The molecule has 1 fully saturated rings. The highest BCUT2D eigenvalue weighted by Crippen LogP contribution is 2.40. The number of pyridine rings is 1. The quantitative estimate of drug-likeness (QED) is 0.341. The first-order chi connectivity index (χ1) is 16.0. The van der Waals surface area contributed by atoms with Crippen molar-refractivity contribution in [2.75, 3.05) is 11.5 Å². The molecule has 0 aliphatic carbocycles. The first-order valence-electron chi connectivity index (χ1n) is 10.5. The molecule has 0 bridgehead atoms. The molecule has 0 saturated carbocycles.